The van der Waals surface area contributed by atoms with Crippen molar-refractivity contribution in [1.82, 2.24) is 0 Å². The zero-order valence-corrected chi connectivity index (χ0v) is 9.05. The lowest BCUT2D eigenvalue weighted by molar-refractivity contribution is 0.110. The molecule has 0 saturated heterocycles. The fourth-order valence-electron chi connectivity index (χ4n) is 0.592. The first-order valence-electron chi connectivity index (χ1n) is 4.19. The van der Waals surface area contributed by atoms with E-state index < -0.39 is 16.2 Å². The van der Waals surface area contributed by atoms with E-state index in [1.807, 2.05) is 0 Å². The largest absolute Gasteiger partial charge is 0.394 e. The van der Waals surface area contributed by atoms with E-state index in [1.54, 1.807) is 18.2 Å². The molecule has 0 aliphatic heterocycles. The minimum atomic E-state index is -4.00. The fourth-order valence-corrected chi connectivity index (χ4v) is 1.09. The maximum atomic E-state index is 10.4. The Labute approximate surface area is 88.7 Å². The smallest absolute Gasteiger partial charge is 0.294 e. The molecule has 0 saturated carbocycles. The van der Waals surface area contributed by atoms with Crippen molar-refractivity contribution in [2.75, 3.05) is 6.61 Å². The van der Waals surface area contributed by atoms with Gasteiger partial charge < -0.3 is 10.2 Å². The summed E-state index contributed by atoms with van der Waals surface area (Å²) in [6, 6.07) is 7.42. The van der Waals surface area contributed by atoms with Gasteiger partial charge in [0.2, 0.25) is 0 Å². The van der Waals surface area contributed by atoms with E-state index in [-0.39, 0.29) is 11.5 Å². The van der Waals surface area contributed by atoms with Crippen LogP contribution in [0.3, 0.4) is 0 Å². The second kappa shape index (κ2) is 6.52. The molecule has 1 rings (SSSR count). The molecule has 0 fully saturated rings. The van der Waals surface area contributed by atoms with Crippen LogP contribution in [-0.2, 0) is 10.1 Å². The van der Waals surface area contributed by atoms with E-state index in [9.17, 15) is 8.42 Å². The van der Waals surface area contributed by atoms with Crippen LogP contribution in [0.4, 0.5) is 0 Å². The maximum Gasteiger partial charge on any atom is 0.294 e. The van der Waals surface area contributed by atoms with Crippen molar-refractivity contribution in [3.05, 3.63) is 30.3 Å². The van der Waals surface area contributed by atoms with Gasteiger partial charge in [0.05, 0.1) is 17.6 Å². The summed E-state index contributed by atoms with van der Waals surface area (Å²) in [6.07, 6.45) is -0.560. The van der Waals surface area contributed by atoms with Crippen LogP contribution in [0.1, 0.15) is 6.92 Å². The zero-order chi connectivity index (χ0) is 11.9. The van der Waals surface area contributed by atoms with E-state index >= 15 is 0 Å². The van der Waals surface area contributed by atoms with Gasteiger partial charge in [0.25, 0.3) is 10.1 Å². The Morgan fingerprint density at radius 1 is 1.27 bits per heavy atom. The van der Waals surface area contributed by atoms with E-state index in [0.717, 1.165) is 0 Å². The molecule has 0 bridgehead atoms. The molecule has 6 heteroatoms. The van der Waals surface area contributed by atoms with Crippen molar-refractivity contribution >= 4 is 10.1 Å². The molecular formula is C9H14O5S. The molecule has 15 heavy (non-hydrogen) atoms. The van der Waals surface area contributed by atoms with Crippen molar-refractivity contribution in [3.63, 3.8) is 0 Å². The number of aliphatic hydroxyl groups is 2. The number of aliphatic hydroxyl groups excluding tert-OH is 2. The summed E-state index contributed by atoms with van der Waals surface area (Å²) >= 11 is 0. The van der Waals surface area contributed by atoms with Crippen LogP contribution in [0.2, 0.25) is 0 Å². The first kappa shape index (κ1) is 14.1. The van der Waals surface area contributed by atoms with Gasteiger partial charge in [-0.05, 0) is 19.1 Å². The standard InChI is InChI=1S/C6H6O3S.C3H8O2/c7-10(8,9)6-4-2-1-3-5-6;1-3(5)2-4/h1-5H,(H,7,8,9);3-5H,2H2,1H3. The number of benzene rings is 1. The second-order valence-electron chi connectivity index (χ2n) is 2.82. The molecule has 1 aromatic rings. The van der Waals surface area contributed by atoms with E-state index in [0.29, 0.717) is 0 Å². The Bertz CT molecular complexity index is 357. The highest BCUT2D eigenvalue weighted by Crippen LogP contribution is 2.05. The van der Waals surface area contributed by atoms with Crippen molar-refractivity contribution in [2.45, 2.75) is 17.9 Å². The molecule has 0 aliphatic rings. The quantitative estimate of drug-likeness (QED) is 0.639. The normalized spacial score (nSPS) is 12.5. The molecule has 0 radical (unpaired) electrons. The summed E-state index contributed by atoms with van der Waals surface area (Å²) in [5.41, 5.74) is 0. The van der Waals surface area contributed by atoms with Crippen LogP contribution in [0.5, 0.6) is 0 Å². The van der Waals surface area contributed by atoms with Gasteiger partial charge in [-0.2, -0.15) is 8.42 Å². The number of rotatable bonds is 2. The van der Waals surface area contributed by atoms with Crippen molar-refractivity contribution < 1.29 is 23.2 Å². The predicted octanol–water partition coefficient (Wildman–Crippen LogP) is 0.293. The monoisotopic (exact) mass is 234 g/mol. The Hall–Kier alpha value is -0.950. The third kappa shape index (κ3) is 7.03. The third-order valence-corrected chi connectivity index (χ3v) is 2.17. The van der Waals surface area contributed by atoms with Gasteiger partial charge in [0.1, 0.15) is 0 Å². The lowest BCUT2D eigenvalue weighted by atomic mass is 10.4. The summed E-state index contributed by atoms with van der Waals surface area (Å²) in [7, 11) is -4.00. The van der Waals surface area contributed by atoms with Gasteiger partial charge in [-0.15, -0.1) is 0 Å². The van der Waals surface area contributed by atoms with Crippen molar-refractivity contribution in [1.29, 1.82) is 0 Å². The highest BCUT2D eigenvalue weighted by Gasteiger charge is 2.05. The van der Waals surface area contributed by atoms with Crippen molar-refractivity contribution in [2.24, 2.45) is 0 Å². The fraction of sp³-hybridized carbons (Fsp3) is 0.333. The Kier molecular flexibility index (Phi) is 6.11. The highest BCUT2D eigenvalue weighted by molar-refractivity contribution is 7.85. The Morgan fingerprint density at radius 2 is 1.67 bits per heavy atom. The first-order chi connectivity index (χ1) is 6.88. The van der Waals surface area contributed by atoms with Crippen molar-refractivity contribution in [3.8, 4) is 0 Å². The first-order valence-corrected chi connectivity index (χ1v) is 5.63. The van der Waals surface area contributed by atoms with E-state index in [1.165, 1.54) is 19.1 Å². The van der Waals surface area contributed by atoms with Crippen LogP contribution in [-0.4, -0.2) is 35.9 Å². The molecule has 0 amide bonds. The van der Waals surface area contributed by atoms with Crippen LogP contribution in [0.25, 0.3) is 0 Å². The maximum absolute atomic E-state index is 10.4. The summed E-state index contributed by atoms with van der Waals surface area (Å²) < 4.78 is 29.2. The minimum Gasteiger partial charge on any atom is -0.394 e. The Morgan fingerprint density at radius 3 is 1.87 bits per heavy atom. The summed E-state index contributed by atoms with van der Waals surface area (Å²) in [5.74, 6) is 0. The average molecular weight is 234 g/mol. The molecule has 3 N–H and O–H groups in total. The predicted molar refractivity (Wildman–Crippen MR) is 55.0 cm³/mol. The second-order valence-corrected chi connectivity index (χ2v) is 4.24. The molecule has 1 aromatic carbocycles. The lowest BCUT2D eigenvalue weighted by Crippen LogP contribution is -2.03. The SMILES string of the molecule is CC(O)CO.O=S(=O)(O)c1ccccc1. The number of hydrogen-bond donors (Lipinski definition) is 3. The van der Waals surface area contributed by atoms with Crippen LogP contribution in [0, 0.1) is 0 Å². The summed E-state index contributed by atoms with van der Waals surface area (Å²) in [4.78, 5) is -0.0741. The molecule has 1 unspecified atom stereocenters. The van der Waals surface area contributed by atoms with Gasteiger partial charge in [-0.1, -0.05) is 18.2 Å². The Balaban J connectivity index is 0.000000336. The highest BCUT2D eigenvalue weighted by atomic mass is 32.2. The molecule has 0 aliphatic carbocycles. The molecule has 0 heterocycles. The molecular weight excluding hydrogens is 220 g/mol. The van der Waals surface area contributed by atoms with Gasteiger partial charge in [0, 0.05) is 0 Å². The lowest BCUT2D eigenvalue weighted by Gasteiger charge is -1.92. The van der Waals surface area contributed by atoms with Gasteiger partial charge in [-0.3, -0.25) is 4.55 Å². The topological polar surface area (TPSA) is 94.8 Å². The van der Waals surface area contributed by atoms with Crippen LogP contribution < -0.4 is 0 Å². The molecule has 0 aromatic heterocycles. The molecule has 1 atom stereocenters. The molecule has 0 spiro atoms. The minimum absolute atomic E-state index is 0.0741. The summed E-state index contributed by atoms with van der Waals surface area (Å²) in [6.45, 7) is 1.39. The van der Waals surface area contributed by atoms with E-state index in [4.69, 9.17) is 14.8 Å². The summed E-state index contributed by atoms with van der Waals surface area (Å²) in [5, 5.41) is 16.0. The van der Waals surface area contributed by atoms with Crippen LogP contribution in [0.15, 0.2) is 35.2 Å². The average Bonchev–Trinajstić information content (AvgIpc) is 2.19. The third-order valence-electron chi connectivity index (χ3n) is 1.31. The van der Waals surface area contributed by atoms with E-state index in [2.05, 4.69) is 0 Å². The van der Waals surface area contributed by atoms with Crippen LogP contribution >= 0.6 is 0 Å². The number of hydrogen-bond acceptors (Lipinski definition) is 4. The zero-order valence-electron chi connectivity index (χ0n) is 8.24. The van der Waals surface area contributed by atoms with Gasteiger partial charge in [0.15, 0.2) is 0 Å². The molecule has 5 nitrogen and oxygen atoms in total. The van der Waals surface area contributed by atoms with Gasteiger partial charge in [-0.25, -0.2) is 0 Å². The molecule has 86 valence electrons. The van der Waals surface area contributed by atoms with Gasteiger partial charge >= 0.3 is 0 Å².